The van der Waals surface area contributed by atoms with Gasteiger partial charge in [0.15, 0.2) is 30.0 Å². The molecule has 2 aliphatic heterocycles. The predicted molar refractivity (Wildman–Crippen MR) is 156 cm³/mol. The summed E-state index contributed by atoms with van der Waals surface area (Å²) < 4.78 is 10.9. The topological polar surface area (TPSA) is 29.3 Å². The fourth-order valence-electron chi connectivity index (χ4n) is 5.97. The molecule has 0 bridgehead atoms. The number of rotatable bonds is 2. The van der Waals surface area contributed by atoms with Gasteiger partial charge in [-0.15, -0.1) is 0 Å². The lowest BCUT2D eigenvalue weighted by atomic mass is 9.79. The highest BCUT2D eigenvalue weighted by Crippen LogP contribution is 2.45. The first-order chi connectivity index (χ1) is 18.1. The largest absolute Gasteiger partial charge is 0.443 e. The van der Waals surface area contributed by atoms with Crippen molar-refractivity contribution >= 4 is 17.2 Å². The zero-order chi connectivity index (χ0) is 27.2. The number of fused-ring (bicyclic) bond motifs is 7. The lowest BCUT2D eigenvalue weighted by Crippen LogP contribution is -2.50. The van der Waals surface area contributed by atoms with Crippen LogP contribution < -0.4 is 9.13 Å². The van der Waals surface area contributed by atoms with Gasteiger partial charge in [0.2, 0.25) is 11.4 Å². The molecular formula is C34H39N3O+2. The summed E-state index contributed by atoms with van der Waals surface area (Å²) in [7, 11) is 1.74. The van der Waals surface area contributed by atoms with Gasteiger partial charge in [0.05, 0.1) is 11.1 Å². The van der Waals surface area contributed by atoms with Crippen LogP contribution in [0.4, 0.5) is 0 Å². The van der Waals surface area contributed by atoms with Crippen molar-refractivity contribution < 1.29 is 13.9 Å². The number of allylic oxidation sites excluding steroid dienone is 3. The van der Waals surface area contributed by atoms with E-state index in [1.54, 1.807) is 7.05 Å². The van der Waals surface area contributed by atoms with Crippen LogP contribution in [0.3, 0.4) is 0 Å². The molecule has 38 heavy (non-hydrogen) atoms. The van der Waals surface area contributed by atoms with Crippen molar-refractivity contribution in [3.8, 4) is 11.3 Å². The van der Waals surface area contributed by atoms with Crippen molar-refractivity contribution in [3.63, 3.8) is 0 Å². The number of hydrogen-bond donors (Lipinski definition) is 0. The van der Waals surface area contributed by atoms with Crippen molar-refractivity contribution in [1.29, 1.82) is 0 Å². The second-order valence-electron chi connectivity index (χ2n) is 11.5. The van der Waals surface area contributed by atoms with Crippen molar-refractivity contribution in [2.45, 2.75) is 64.8 Å². The Labute approximate surface area is 227 Å². The maximum atomic E-state index is 6.14. The first kappa shape index (κ1) is 25.8. The van der Waals surface area contributed by atoms with Gasteiger partial charge < -0.3 is 4.74 Å². The number of hydrogen-bond acceptors (Lipinski definition) is 2. The Morgan fingerprint density at radius 1 is 1.03 bits per heavy atom. The average Bonchev–Trinajstić information content (AvgIpc) is 2.94. The van der Waals surface area contributed by atoms with E-state index in [2.05, 4.69) is 115 Å². The molecule has 0 fully saturated rings. The third-order valence-corrected chi connectivity index (χ3v) is 8.06. The Bertz CT molecular complexity index is 1500. The standard InChI is InChI=1S/C34H39N3O/c1-22-16-17-30-33(28-14-10-9-13-27(28)29-15-11-12-19-37(29)30)23(2)36-20-18-26(34(5,6)7)21-31(36)32(22)24(3)38-25(4)35-8/h9-15,18-21,30,33H,2-3,16-17H2,1,4-8H3/q+2/b32-22-,35-25+. The van der Waals surface area contributed by atoms with E-state index in [1.165, 1.54) is 28.0 Å². The van der Waals surface area contributed by atoms with Crippen LogP contribution in [0.5, 0.6) is 0 Å². The molecule has 0 amide bonds. The van der Waals surface area contributed by atoms with Crippen LogP contribution in [0, 0.1) is 0 Å². The second kappa shape index (κ2) is 9.83. The molecule has 0 aliphatic carbocycles. The van der Waals surface area contributed by atoms with Crippen LogP contribution in [0.15, 0.2) is 96.5 Å². The quantitative estimate of drug-likeness (QED) is 0.157. The minimum absolute atomic E-state index is 0.00782. The van der Waals surface area contributed by atoms with Crippen LogP contribution in [-0.4, -0.2) is 12.9 Å². The smallest absolute Gasteiger partial charge is 0.222 e. The summed E-state index contributed by atoms with van der Waals surface area (Å²) >= 11 is 0. The summed E-state index contributed by atoms with van der Waals surface area (Å²) in [5, 5.41) is 0. The SMILES string of the molecule is C=C(O/C(C)=N/C)/C1=C(\C)CCC2C(C(=C)[n+]3ccc(C(C)(C)C)cc31)c1ccccc1-c1cccc[n+]12. The molecule has 2 aliphatic rings. The van der Waals surface area contributed by atoms with Gasteiger partial charge in [0.25, 0.3) is 0 Å². The van der Waals surface area contributed by atoms with Crippen LogP contribution >= 0.6 is 0 Å². The highest BCUT2D eigenvalue weighted by Gasteiger charge is 2.46. The van der Waals surface area contributed by atoms with Crippen molar-refractivity contribution in [3.05, 3.63) is 108 Å². The average molecular weight is 506 g/mol. The molecule has 0 saturated carbocycles. The minimum atomic E-state index is -0.00782. The Hall–Kier alpha value is -3.79. The molecule has 194 valence electrons. The molecule has 5 rings (SSSR count). The van der Waals surface area contributed by atoms with E-state index < -0.39 is 0 Å². The van der Waals surface area contributed by atoms with Crippen LogP contribution in [0.25, 0.3) is 22.5 Å². The molecule has 0 radical (unpaired) electrons. The van der Waals surface area contributed by atoms with E-state index in [1.807, 2.05) is 6.92 Å². The highest BCUT2D eigenvalue weighted by molar-refractivity contribution is 5.82. The molecule has 1 aromatic carbocycles. The van der Waals surface area contributed by atoms with E-state index in [0.717, 1.165) is 29.8 Å². The van der Waals surface area contributed by atoms with Gasteiger partial charge in [-0.3, -0.25) is 4.99 Å². The van der Waals surface area contributed by atoms with E-state index in [-0.39, 0.29) is 17.4 Å². The Kier molecular flexibility index (Phi) is 6.68. The lowest BCUT2D eigenvalue weighted by molar-refractivity contribution is -0.720. The van der Waals surface area contributed by atoms with E-state index in [0.29, 0.717) is 11.7 Å². The molecule has 3 aromatic rings. The van der Waals surface area contributed by atoms with Crippen LogP contribution in [0.1, 0.15) is 76.2 Å². The monoisotopic (exact) mass is 505 g/mol. The molecule has 2 atom stereocenters. The van der Waals surface area contributed by atoms with Gasteiger partial charge in [0.1, 0.15) is 11.7 Å². The molecule has 0 saturated heterocycles. The Balaban J connectivity index is 1.78. The molecule has 4 nitrogen and oxygen atoms in total. The zero-order valence-electron chi connectivity index (χ0n) is 23.6. The number of aromatic nitrogens is 2. The summed E-state index contributed by atoms with van der Waals surface area (Å²) in [6, 6.07) is 20.1. The number of aliphatic imine (C=N–C) groups is 1. The van der Waals surface area contributed by atoms with Gasteiger partial charge in [-0.25, -0.2) is 0 Å². The lowest BCUT2D eigenvalue weighted by Gasteiger charge is -2.29. The Morgan fingerprint density at radius 2 is 1.76 bits per heavy atom. The predicted octanol–water partition coefficient (Wildman–Crippen LogP) is 7.18. The van der Waals surface area contributed by atoms with E-state index >= 15 is 0 Å². The van der Waals surface area contributed by atoms with Gasteiger partial charge in [0, 0.05) is 44.7 Å². The fourth-order valence-corrected chi connectivity index (χ4v) is 5.97. The number of nitrogens with zero attached hydrogens (tertiary/aromatic N) is 3. The molecular weight excluding hydrogens is 466 g/mol. The summed E-state index contributed by atoms with van der Waals surface area (Å²) in [4.78, 5) is 4.23. The second-order valence-corrected chi connectivity index (χ2v) is 11.5. The molecule has 0 N–H and O–H groups in total. The maximum absolute atomic E-state index is 6.14. The zero-order valence-corrected chi connectivity index (χ0v) is 23.6. The van der Waals surface area contributed by atoms with Crippen molar-refractivity contribution in [2.24, 2.45) is 4.99 Å². The number of ether oxygens (including phenoxy) is 1. The van der Waals surface area contributed by atoms with Gasteiger partial charge >= 0.3 is 0 Å². The van der Waals surface area contributed by atoms with Crippen LogP contribution in [0.2, 0.25) is 0 Å². The molecule has 2 aromatic heterocycles. The number of pyridine rings is 2. The van der Waals surface area contributed by atoms with Gasteiger partial charge in [-0.2, -0.15) is 9.13 Å². The summed E-state index contributed by atoms with van der Waals surface area (Å²) in [6.45, 7) is 20.0. The maximum Gasteiger partial charge on any atom is 0.222 e. The highest BCUT2D eigenvalue weighted by atomic mass is 16.5. The van der Waals surface area contributed by atoms with E-state index in [4.69, 9.17) is 11.3 Å². The minimum Gasteiger partial charge on any atom is -0.443 e. The number of benzene rings is 1. The summed E-state index contributed by atoms with van der Waals surface area (Å²) in [5.41, 5.74) is 9.52. The molecule has 4 heterocycles. The Morgan fingerprint density at radius 3 is 2.50 bits per heavy atom. The van der Waals surface area contributed by atoms with Gasteiger partial charge in [-0.1, -0.05) is 51.1 Å². The van der Waals surface area contributed by atoms with Crippen molar-refractivity contribution in [2.75, 3.05) is 7.05 Å². The summed E-state index contributed by atoms with van der Waals surface area (Å²) in [5.74, 6) is 1.34. The third kappa shape index (κ3) is 4.42. The fraction of sp³-hybridized carbons (Fsp3) is 0.324. The first-order valence-corrected chi connectivity index (χ1v) is 13.5. The normalized spacial score (nSPS) is 21.2. The molecule has 2 unspecified atom stereocenters. The molecule has 4 heteroatoms. The molecule has 0 spiro atoms. The first-order valence-electron chi connectivity index (χ1n) is 13.5. The van der Waals surface area contributed by atoms with Crippen molar-refractivity contribution in [1.82, 2.24) is 0 Å². The van der Waals surface area contributed by atoms with Crippen LogP contribution in [-0.2, 0) is 10.2 Å². The van der Waals surface area contributed by atoms with Gasteiger partial charge in [-0.05, 0) is 48.6 Å². The van der Waals surface area contributed by atoms with E-state index in [9.17, 15) is 0 Å². The third-order valence-electron chi connectivity index (χ3n) is 8.06. The summed E-state index contributed by atoms with van der Waals surface area (Å²) in [6.07, 6.45) is 6.31.